The van der Waals surface area contributed by atoms with Gasteiger partial charge in [0, 0.05) is 6.54 Å². The number of halogens is 1. The molecule has 0 saturated carbocycles. The Kier molecular flexibility index (Phi) is 5.64. The summed E-state index contributed by atoms with van der Waals surface area (Å²) in [5.41, 5.74) is 0. The van der Waals surface area contributed by atoms with Crippen LogP contribution in [-0.2, 0) is 6.54 Å². The summed E-state index contributed by atoms with van der Waals surface area (Å²) in [7, 11) is 1.93. The van der Waals surface area contributed by atoms with Crippen molar-refractivity contribution in [3.05, 3.63) is 52.9 Å². The van der Waals surface area contributed by atoms with Crippen molar-refractivity contribution < 1.29 is 14.3 Å². The number of hydrogen-bond donors (Lipinski definition) is 1. The number of ether oxygens (including phenoxy) is 1. The lowest BCUT2D eigenvalue weighted by Gasteiger charge is -2.19. The van der Waals surface area contributed by atoms with E-state index in [-0.39, 0.29) is 6.61 Å². The molecule has 1 unspecified atom stereocenters. The van der Waals surface area contributed by atoms with Crippen LogP contribution in [0.1, 0.15) is 5.76 Å². The SMILES string of the molecule is CN(Cc1ccc(Br)o1)CC(O)COc1ccccc1. The van der Waals surface area contributed by atoms with Gasteiger partial charge in [-0.05, 0) is 47.2 Å². The second kappa shape index (κ2) is 7.47. The third kappa shape index (κ3) is 5.00. The maximum Gasteiger partial charge on any atom is 0.169 e. The molecule has 0 fully saturated rings. The Morgan fingerprint density at radius 2 is 2.00 bits per heavy atom. The van der Waals surface area contributed by atoms with Crippen LogP contribution in [0.15, 0.2) is 51.6 Å². The highest BCUT2D eigenvalue weighted by Crippen LogP contribution is 2.15. The molecule has 0 bridgehead atoms. The topological polar surface area (TPSA) is 45.8 Å². The van der Waals surface area contributed by atoms with Gasteiger partial charge in [-0.3, -0.25) is 4.90 Å². The molecule has 2 rings (SSSR count). The number of furan rings is 1. The average Bonchev–Trinajstić information content (AvgIpc) is 2.83. The lowest BCUT2D eigenvalue weighted by molar-refractivity contribution is 0.0724. The van der Waals surface area contributed by atoms with E-state index in [1.165, 1.54) is 0 Å². The highest BCUT2D eigenvalue weighted by molar-refractivity contribution is 9.10. The standard InChI is InChI=1S/C15H18BrNO3/c1-17(10-14-7-8-15(16)20-14)9-12(18)11-19-13-5-3-2-4-6-13/h2-8,12,18H,9-11H2,1H3. The first-order valence-corrected chi connectivity index (χ1v) is 7.21. The molecular weight excluding hydrogens is 322 g/mol. The fourth-order valence-corrected chi connectivity index (χ4v) is 2.23. The fourth-order valence-electron chi connectivity index (χ4n) is 1.89. The molecule has 1 atom stereocenters. The highest BCUT2D eigenvalue weighted by Gasteiger charge is 2.11. The molecule has 1 heterocycles. The van der Waals surface area contributed by atoms with E-state index in [4.69, 9.17) is 9.15 Å². The van der Waals surface area contributed by atoms with E-state index in [0.717, 1.165) is 11.5 Å². The summed E-state index contributed by atoms with van der Waals surface area (Å²) in [6.07, 6.45) is -0.543. The quantitative estimate of drug-likeness (QED) is 0.842. The van der Waals surface area contributed by atoms with Crippen molar-refractivity contribution in [2.24, 2.45) is 0 Å². The number of likely N-dealkylation sites (N-methyl/N-ethyl adjacent to an activating group) is 1. The molecule has 0 aliphatic rings. The van der Waals surface area contributed by atoms with E-state index in [9.17, 15) is 5.11 Å². The van der Waals surface area contributed by atoms with Crippen molar-refractivity contribution >= 4 is 15.9 Å². The molecule has 0 spiro atoms. The van der Waals surface area contributed by atoms with Crippen molar-refractivity contribution in [2.75, 3.05) is 20.2 Å². The van der Waals surface area contributed by atoms with E-state index < -0.39 is 6.10 Å². The molecule has 0 aliphatic carbocycles. The van der Waals surface area contributed by atoms with E-state index in [2.05, 4.69) is 15.9 Å². The van der Waals surface area contributed by atoms with Crippen LogP contribution < -0.4 is 4.74 Å². The first-order chi connectivity index (χ1) is 9.63. The predicted molar refractivity (Wildman–Crippen MR) is 80.7 cm³/mol. The Balaban J connectivity index is 1.72. The normalized spacial score (nSPS) is 12.6. The van der Waals surface area contributed by atoms with E-state index in [1.807, 2.05) is 54.4 Å². The van der Waals surface area contributed by atoms with E-state index in [1.54, 1.807) is 0 Å². The van der Waals surface area contributed by atoms with Crippen LogP contribution in [0, 0.1) is 0 Å². The van der Waals surface area contributed by atoms with E-state index in [0.29, 0.717) is 17.8 Å². The average molecular weight is 340 g/mol. The zero-order valence-corrected chi connectivity index (χ0v) is 12.9. The molecule has 0 amide bonds. The Morgan fingerprint density at radius 3 is 2.65 bits per heavy atom. The number of para-hydroxylation sites is 1. The number of hydrogen-bond acceptors (Lipinski definition) is 4. The number of aliphatic hydroxyl groups is 1. The van der Waals surface area contributed by atoms with Crippen molar-refractivity contribution in [3.63, 3.8) is 0 Å². The molecule has 1 aromatic carbocycles. The third-order valence-electron chi connectivity index (χ3n) is 2.76. The van der Waals surface area contributed by atoms with Crippen LogP contribution in [0.3, 0.4) is 0 Å². The molecule has 0 radical (unpaired) electrons. The van der Waals surface area contributed by atoms with Gasteiger partial charge in [0.15, 0.2) is 4.67 Å². The van der Waals surface area contributed by atoms with Crippen LogP contribution in [0.2, 0.25) is 0 Å². The monoisotopic (exact) mass is 339 g/mol. The molecular formula is C15H18BrNO3. The molecule has 1 aromatic heterocycles. The third-order valence-corrected chi connectivity index (χ3v) is 3.19. The zero-order chi connectivity index (χ0) is 14.4. The van der Waals surface area contributed by atoms with Gasteiger partial charge in [0.25, 0.3) is 0 Å². The summed E-state index contributed by atoms with van der Waals surface area (Å²) in [5.74, 6) is 1.62. The smallest absolute Gasteiger partial charge is 0.169 e. The molecule has 2 aromatic rings. The number of benzene rings is 1. The number of aliphatic hydroxyl groups excluding tert-OH is 1. The summed E-state index contributed by atoms with van der Waals surface area (Å²) < 4.78 is 11.7. The van der Waals surface area contributed by atoms with Crippen molar-refractivity contribution in [1.82, 2.24) is 4.90 Å². The van der Waals surface area contributed by atoms with Gasteiger partial charge in [-0.2, -0.15) is 0 Å². The maximum absolute atomic E-state index is 9.96. The van der Waals surface area contributed by atoms with Crippen molar-refractivity contribution in [1.29, 1.82) is 0 Å². The van der Waals surface area contributed by atoms with Gasteiger partial charge in [-0.15, -0.1) is 0 Å². The van der Waals surface area contributed by atoms with Gasteiger partial charge in [-0.25, -0.2) is 0 Å². The summed E-state index contributed by atoms with van der Waals surface area (Å²) in [6, 6.07) is 13.3. The van der Waals surface area contributed by atoms with Gasteiger partial charge < -0.3 is 14.3 Å². The molecule has 0 aliphatic heterocycles. The van der Waals surface area contributed by atoms with Gasteiger partial charge in [0.05, 0.1) is 6.54 Å². The summed E-state index contributed by atoms with van der Waals surface area (Å²) in [4.78, 5) is 1.99. The molecule has 1 N–H and O–H groups in total. The Morgan fingerprint density at radius 1 is 1.25 bits per heavy atom. The minimum Gasteiger partial charge on any atom is -0.491 e. The van der Waals surface area contributed by atoms with Crippen LogP contribution >= 0.6 is 15.9 Å². The summed E-state index contributed by atoms with van der Waals surface area (Å²) >= 11 is 3.27. The van der Waals surface area contributed by atoms with Gasteiger partial charge >= 0.3 is 0 Å². The molecule has 4 nitrogen and oxygen atoms in total. The van der Waals surface area contributed by atoms with Crippen LogP contribution in [0.25, 0.3) is 0 Å². The summed E-state index contributed by atoms with van der Waals surface area (Å²) in [5, 5.41) is 9.96. The van der Waals surface area contributed by atoms with Crippen LogP contribution in [-0.4, -0.2) is 36.3 Å². The molecule has 5 heteroatoms. The second-order valence-electron chi connectivity index (χ2n) is 4.68. The van der Waals surface area contributed by atoms with Crippen LogP contribution in [0.4, 0.5) is 0 Å². The Labute approximate surface area is 127 Å². The van der Waals surface area contributed by atoms with Gasteiger partial charge in [0.1, 0.15) is 24.2 Å². The van der Waals surface area contributed by atoms with Crippen molar-refractivity contribution in [2.45, 2.75) is 12.6 Å². The van der Waals surface area contributed by atoms with Crippen molar-refractivity contribution in [3.8, 4) is 5.75 Å². The second-order valence-corrected chi connectivity index (χ2v) is 5.46. The molecule has 0 saturated heterocycles. The predicted octanol–water partition coefficient (Wildman–Crippen LogP) is 2.91. The van der Waals surface area contributed by atoms with Gasteiger partial charge in [0.2, 0.25) is 0 Å². The Bertz CT molecular complexity index is 515. The Hall–Kier alpha value is -1.30. The number of rotatable bonds is 7. The fraction of sp³-hybridized carbons (Fsp3) is 0.333. The first kappa shape index (κ1) is 15.1. The first-order valence-electron chi connectivity index (χ1n) is 6.42. The molecule has 20 heavy (non-hydrogen) atoms. The minimum absolute atomic E-state index is 0.274. The summed E-state index contributed by atoms with van der Waals surface area (Å²) in [6.45, 7) is 1.44. The minimum atomic E-state index is -0.543. The largest absolute Gasteiger partial charge is 0.491 e. The van der Waals surface area contributed by atoms with E-state index >= 15 is 0 Å². The van der Waals surface area contributed by atoms with Crippen LogP contribution in [0.5, 0.6) is 5.75 Å². The highest BCUT2D eigenvalue weighted by atomic mass is 79.9. The lowest BCUT2D eigenvalue weighted by atomic mass is 10.3. The lowest BCUT2D eigenvalue weighted by Crippen LogP contribution is -2.32. The van der Waals surface area contributed by atoms with Gasteiger partial charge in [-0.1, -0.05) is 18.2 Å². The number of nitrogens with zero attached hydrogens (tertiary/aromatic N) is 1. The maximum atomic E-state index is 9.96. The zero-order valence-electron chi connectivity index (χ0n) is 11.3. The molecule has 108 valence electrons.